The van der Waals surface area contributed by atoms with Gasteiger partial charge >= 0.3 is 0 Å². The topological polar surface area (TPSA) is 38.0 Å². The van der Waals surface area contributed by atoms with Gasteiger partial charge in [0.15, 0.2) is 0 Å². The van der Waals surface area contributed by atoms with E-state index in [4.69, 9.17) is 5.73 Å². The fourth-order valence-electron chi connectivity index (χ4n) is 2.46. The van der Waals surface area contributed by atoms with Gasteiger partial charge in [-0.15, -0.1) is 6.58 Å². The Balaban J connectivity index is 2.32. The Morgan fingerprint density at radius 2 is 2.20 bits per heavy atom. The minimum Gasteiger partial charge on any atom is -0.330 e. The number of rotatable bonds is 6. The molecule has 2 unspecified atom stereocenters. The van der Waals surface area contributed by atoms with E-state index in [0.29, 0.717) is 17.4 Å². The molecule has 0 saturated heterocycles. The molecule has 2 heteroatoms. The Morgan fingerprint density at radius 1 is 1.47 bits per heavy atom. The smallest absolute Gasteiger partial charge is 0.0108 e. The SMILES string of the molecule is C=CCC(C)(C)CNC1CCCC1CN. The van der Waals surface area contributed by atoms with Crippen molar-refractivity contribution in [2.75, 3.05) is 13.1 Å². The average Bonchev–Trinajstić information content (AvgIpc) is 2.62. The fourth-order valence-corrected chi connectivity index (χ4v) is 2.46. The molecule has 0 aliphatic heterocycles. The van der Waals surface area contributed by atoms with E-state index in [1.54, 1.807) is 0 Å². The summed E-state index contributed by atoms with van der Waals surface area (Å²) in [4.78, 5) is 0. The Morgan fingerprint density at radius 3 is 2.80 bits per heavy atom. The van der Waals surface area contributed by atoms with E-state index in [0.717, 1.165) is 19.5 Å². The summed E-state index contributed by atoms with van der Waals surface area (Å²) < 4.78 is 0. The molecule has 0 bridgehead atoms. The molecule has 1 saturated carbocycles. The minimum absolute atomic E-state index is 0.323. The largest absolute Gasteiger partial charge is 0.330 e. The van der Waals surface area contributed by atoms with Gasteiger partial charge in [-0.2, -0.15) is 0 Å². The van der Waals surface area contributed by atoms with Crippen LogP contribution in [-0.4, -0.2) is 19.1 Å². The maximum absolute atomic E-state index is 5.77. The molecule has 0 aromatic rings. The van der Waals surface area contributed by atoms with Crippen LogP contribution < -0.4 is 11.1 Å². The van der Waals surface area contributed by atoms with Crippen LogP contribution in [0.2, 0.25) is 0 Å². The van der Waals surface area contributed by atoms with E-state index in [2.05, 4.69) is 25.7 Å². The van der Waals surface area contributed by atoms with Gasteiger partial charge in [-0.25, -0.2) is 0 Å². The van der Waals surface area contributed by atoms with E-state index in [-0.39, 0.29) is 0 Å². The van der Waals surface area contributed by atoms with Crippen molar-refractivity contribution in [2.45, 2.75) is 45.6 Å². The monoisotopic (exact) mass is 210 g/mol. The first kappa shape index (κ1) is 12.7. The average molecular weight is 210 g/mol. The molecule has 3 N–H and O–H groups in total. The molecule has 0 amide bonds. The lowest BCUT2D eigenvalue weighted by Crippen LogP contribution is -2.40. The molecule has 0 heterocycles. The van der Waals surface area contributed by atoms with Crippen LogP contribution >= 0.6 is 0 Å². The molecule has 15 heavy (non-hydrogen) atoms. The van der Waals surface area contributed by atoms with Crippen molar-refractivity contribution in [1.29, 1.82) is 0 Å². The van der Waals surface area contributed by atoms with Gasteiger partial charge in [0.05, 0.1) is 0 Å². The first-order chi connectivity index (χ1) is 7.09. The summed E-state index contributed by atoms with van der Waals surface area (Å²) in [6.07, 6.45) is 7.01. The van der Waals surface area contributed by atoms with Gasteiger partial charge in [0.2, 0.25) is 0 Å². The van der Waals surface area contributed by atoms with E-state index in [9.17, 15) is 0 Å². The van der Waals surface area contributed by atoms with Crippen LogP contribution in [0.1, 0.15) is 39.5 Å². The zero-order valence-electron chi connectivity index (χ0n) is 10.3. The predicted molar refractivity (Wildman–Crippen MR) is 66.8 cm³/mol. The van der Waals surface area contributed by atoms with Crippen LogP contribution in [0.15, 0.2) is 12.7 Å². The summed E-state index contributed by atoms with van der Waals surface area (Å²) in [5.41, 5.74) is 6.09. The van der Waals surface area contributed by atoms with Gasteiger partial charge in [-0.3, -0.25) is 0 Å². The maximum atomic E-state index is 5.77. The standard InChI is InChI=1S/C13H26N2/c1-4-8-13(2,3)10-15-12-7-5-6-11(12)9-14/h4,11-12,15H,1,5-10,14H2,2-3H3. The van der Waals surface area contributed by atoms with E-state index < -0.39 is 0 Å². The molecule has 2 atom stereocenters. The van der Waals surface area contributed by atoms with Crippen molar-refractivity contribution in [1.82, 2.24) is 5.32 Å². The molecule has 0 aromatic heterocycles. The van der Waals surface area contributed by atoms with Crippen LogP contribution in [-0.2, 0) is 0 Å². The first-order valence-electron chi connectivity index (χ1n) is 6.13. The summed E-state index contributed by atoms with van der Waals surface area (Å²) in [6.45, 7) is 10.3. The third kappa shape index (κ3) is 3.96. The second-order valence-corrected chi connectivity index (χ2v) is 5.57. The molecule has 88 valence electrons. The van der Waals surface area contributed by atoms with Gasteiger partial charge in [0.1, 0.15) is 0 Å². The summed E-state index contributed by atoms with van der Waals surface area (Å²) in [6, 6.07) is 0.652. The second-order valence-electron chi connectivity index (χ2n) is 5.57. The lowest BCUT2D eigenvalue weighted by molar-refractivity contribution is 0.299. The van der Waals surface area contributed by atoms with E-state index in [1.807, 2.05) is 6.08 Å². The summed E-state index contributed by atoms with van der Waals surface area (Å²) in [5, 5.41) is 3.68. The van der Waals surface area contributed by atoms with Crippen molar-refractivity contribution in [3.05, 3.63) is 12.7 Å². The minimum atomic E-state index is 0.323. The number of nitrogens with one attached hydrogen (secondary N) is 1. The van der Waals surface area contributed by atoms with Gasteiger partial charge in [-0.05, 0) is 37.1 Å². The molecule has 1 aliphatic carbocycles. The van der Waals surface area contributed by atoms with Crippen LogP contribution in [0.25, 0.3) is 0 Å². The highest BCUT2D eigenvalue weighted by Gasteiger charge is 2.27. The Bertz CT molecular complexity index is 199. The van der Waals surface area contributed by atoms with Crippen LogP contribution in [0, 0.1) is 11.3 Å². The fraction of sp³-hybridized carbons (Fsp3) is 0.846. The van der Waals surface area contributed by atoms with Crippen molar-refractivity contribution < 1.29 is 0 Å². The Kier molecular flexibility index (Phi) is 4.81. The highest BCUT2D eigenvalue weighted by Crippen LogP contribution is 2.26. The zero-order valence-corrected chi connectivity index (χ0v) is 10.3. The van der Waals surface area contributed by atoms with E-state index >= 15 is 0 Å². The van der Waals surface area contributed by atoms with Gasteiger partial charge in [0, 0.05) is 12.6 Å². The van der Waals surface area contributed by atoms with Crippen LogP contribution in [0.3, 0.4) is 0 Å². The van der Waals surface area contributed by atoms with Crippen molar-refractivity contribution in [3.8, 4) is 0 Å². The number of allylic oxidation sites excluding steroid dienone is 1. The molecular formula is C13H26N2. The third-order valence-electron chi connectivity index (χ3n) is 3.50. The summed E-state index contributed by atoms with van der Waals surface area (Å²) in [7, 11) is 0. The quantitative estimate of drug-likeness (QED) is 0.660. The molecule has 0 aromatic carbocycles. The molecule has 1 aliphatic rings. The molecule has 0 radical (unpaired) electrons. The normalized spacial score (nSPS) is 26.9. The molecule has 0 spiro atoms. The molecule has 2 nitrogen and oxygen atoms in total. The zero-order chi connectivity index (χ0) is 11.3. The van der Waals surface area contributed by atoms with Crippen molar-refractivity contribution >= 4 is 0 Å². The van der Waals surface area contributed by atoms with Crippen LogP contribution in [0.4, 0.5) is 0 Å². The molecular weight excluding hydrogens is 184 g/mol. The van der Waals surface area contributed by atoms with Gasteiger partial charge < -0.3 is 11.1 Å². The molecule has 1 fully saturated rings. The summed E-state index contributed by atoms with van der Waals surface area (Å²) >= 11 is 0. The lowest BCUT2D eigenvalue weighted by atomic mass is 9.88. The summed E-state index contributed by atoms with van der Waals surface area (Å²) in [5.74, 6) is 0.699. The highest BCUT2D eigenvalue weighted by molar-refractivity contribution is 4.87. The number of hydrogen-bond donors (Lipinski definition) is 2. The maximum Gasteiger partial charge on any atom is 0.0108 e. The number of hydrogen-bond acceptors (Lipinski definition) is 2. The first-order valence-corrected chi connectivity index (χ1v) is 6.13. The third-order valence-corrected chi connectivity index (χ3v) is 3.50. The lowest BCUT2D eigenvalue weighted by Gasteiger charge is -2.28. The highest BCUT2D eigenvalue weighted by atomic mass is 14.9. The molecule has 1 rings (SSSR count). The van der Waals surface area contributed by atoms with Crippen LogP contribution in [0.5, 0.6) is 0 Å². The van der Waals surface area contributed by atoms with Crippen molar-refractivity contribution in [3.63, 3.8) is 0 Å². The Hall–Kier alpha value is -0.340. The van der Waals surface area contributed by atoms with E-state index in [1.165, 1.54) is 19.3 Å². The van der Waals surface area contributed by atoms with Gasteiger partial charge in [0.25, 0.3) is 0 Å². The second kappa shape index (κ2) is 5.66. The number of nitrogens with two attached hydrogens (primary N) is 1. The van der Waals surface area contributed by atoms with Crippen molar-refractivity contribution in [2.24, 2.45) is 17.1 Å². The predicted octanol–water partition coefficient (Wildman–Crippen LogP) is 2.31. The Labute approximate surface area is 94.3 Å². The van der Waals surface area contributed by atoms with Gasteiger partial charge in [-0.1, -0.05) is 26.3 Å².